The molecule has 0 saturated carbocycles. The Balaban J connectivity index is 1.46. The molecule has 0 spiro atoms. The second-order valence-corrected chi connectivity index (χ2v) is 14.2. The van der Waals surface area contributed by atoms with Gasteiger partial charge in [-0.15, -0.1) is 11.3 Å². The van der Waals surface area contributed by atoms with Gasteiger partial charge in [-0.25, -0.2) is 14.8 Å². The summed E-state index contributed by atoms with van der Waals surface area (Å²) in [7, 11) is 0. The normalized spacial score (nSPS) is 11.5. The summed E-state index contributed by atoms with van der Waals surface area (Å²) in [5.41, 5.74) is 2.84. The van der Waals surface area contributed by atoms with Gasteiger partial charge in [-0.3, -0.25) is 0 Å². The van der Waals surface area contributed by atoms with Crippen LogP contribution in [0.3, 0.4) is 0 Å². The van der Waals surface area contributed by atoms with Gasteiger partial charge in [0.15, 0.2) is 6.04 Å². The fourth-order valence-electron chi connectivity index (χ4n) is 4.48. The van der Waals surface area contributed by atoms with E-state index in [1.54, 1.807) is 52.0 Å². The van der Waals surface area contributed by atoms with Crippen molar-refractivity contribution in [2.24, 2.45) is 0 Å². The van der Waals surface area contributed by atoms with E-state index in [0.29, 0.717) is 50.6 Å². The number of thioether (sulfide) groups is 1. The highest BCUT2D eigenvalue weighted by molar-refractivity contribution is 7.98. The van der Waals surface area contributed by atoms with Gasteiger partial charge in [-0.05, 0) is 63.9 Å². The topological polar surface area (TPSA) is 164 Å². The molecule has 1 atom stereocenters. The van der Waals surface area contributed by atoms with Gasteiger partial charge in [0.1, 0.15) is 51.5 Å². The van der Waals surface area contributed by atoms with E-state index in [-0.39, 0.29) is 24.7 Å². The van der Waals surface area contributed by atoms with Crippen LogP contribution in [0.15, 0.2) is 58.9 Å². The predicted molar refractivity (Wildman–Crippen MR) is 197 cm³/mol. The third kappa shape index (κ3) is 10.6. The Bertz CT molecular complexity index is 1880. The molecule has 0 aliphatic carbocycles. The monoisotopic (exact) mass is 733 g/mol. The highest BCUT2D eigenvalue weighted by atomic mass is 35.5. The Morgan fingerprint density at radius 3 is 2.36 bits per heavy atom. The number of halogens is 1. The lowest BCUT2D eigenvalue weighted by Gasteiger charge is -2.20. The summed E-state index contributed by atoms with van der Waals surface area (Å²) < 4.78 is 16.3. The maximum Gasteiger partial charge on any atom is 0.506 e. The number of rotatable bonds is 14. The van der Waals surface area contributed by atoms with Crippen molar-refractivity contribution in [3.63, 3.8) is 0 Å². The minimum absolute atomic E-state index is 0.0165. The minimum Gasteiger partial charge on any atom is -0.487 e. The first-order valence-corrected chi connectivity index (χ1v) is 18.0. The zero-order valence-corrected chi connectivity index (χ0v) is 30.8. The van der Waals surface area contributed by atoms with Crippen LogP contribution < -0.4 is 15.4 Å². The Kier molecular flexibility index (Phi) is 13.5. The first-order valence-electron chi connectivity index (χ1n) is 15.8. The van der Waals surface area contributed by atoms with Crippen molar-refractivity contribution in [3.05, 3.63) is 75.8 Å². The molecule has 4 aromatic rings. The molecule has 2 aromatic carbocycles. The van der Waals surface area contributed by atoms with Gasteiger partial charge >= 0.3 is 12.1 Å². The first kappa shape index (κ1) is 38.0. The van der Waals surface area contributed by atoms with Crippen LogP contribution in [0, 0.1) is 22.7 Å². The fraction of sp³-hybridized carbons (Fsp3) is 0.333. The van der Waals surface area contributed by atoms with Crippen molar-refractivity contribution in [3.8, 4) is 39.6 Å². The summed E-state index contributed by atoms with van der Waals surface area (Å²) in [4.78, 5) is 31.6. The number of pyridine rings is 1. The largest absolute Gasteiger partial charge is 0.506 e. The third-order valence-corrected chi connectivity index (χ3v) is 8.98. The number of hydrogen-bond acceptors (Lipinski definition) is 11. The predicted octanol–water partition coefficient (Wildman–Crippen LogP) is 8.19. The van der Waals surface area contributed by atoms with Crippen molar-refractivity contribution in [2.75, 3.05) is 25.1 Å². The van der Waals surface area contributed by atoms with Crippen LogP contribution in [0.25, 0.3) is 21.7 Å². The van der Waals surface area contributed by atoms with E-state index in [2.05, 4.69) is 22.8 Å². The maximum atomic E-state index is 11.9. The van der Waals surface area contributed by atoms with Gasteiger partial charge in [-0.1, -0.05) is 54.6 Å². The van der Waals surface area contributed by atoms with Gasteiger partial charge in [0.2, 0.25) is 6.61 Å². The number of nitrogens with zero attached hydrogens (tertiary/aromatic N) is 4. The number of amides is 1. The van der Waals surface area contributed by atoms with E-state index in [9.17, 15) is 20.1 Å². The number of carbonyl (C=O) groups excluding carboxylic acids is 2. The van der Waals surface area contributed by atoms with Gasteiger partial charge in [-0.2, -0.15) is 10.5 Å². The number of esters is 1. The van der Waals surface area contributed by atoms with Crippen molar-refractivity contribution < 1.29 is 23.8 Å². The summed E-state index contributed by atoms with van der Waals surface area (Å²) in [5.74, 6) is 1.03. The van der Waals surface area contributed by atoms with Gasteiger partial charge in [0.05, 0.1) is 11.3 Å². The molecule has 260 valence electrons. The standard InChI is InChI=1S/C36H37ClN6O5S2/c1-6-15-40-31-28(18-38)30(29(19-39)33(43-31)50-21-26-20-49-32(42-26)24-7-11-25(37)12-8-24)23-9-13-27(14-10-23)46-16-17-47-34(44)22(2)41-35(45)48-36(3,4)5/h7-14,20,22H,6,15-17,21H2,1-5H3,(H,40,43)(H,41,45)/p+1/t22-/m0/s1. The van der Waals surface area contributed by atoms with Gasteiger partial charge in [0, 0.05) is 33.8 Å². The molecule has 0 unspecified atom stereocenters. The molecule has 0 aliphatic rings. The molecular formula is C36H38ClN6O5S2+. The Morgan fingerprint density at radius 2 is 1.72 bits per heavy atom. The van der Waals surface area contributed by atoms with Gasteiger partial charge < -0.3 is 29.6 Å². The number of thiazole rings is 1. The lowest BCUT2D eigenvalue weighted by Crippen LogP contribution is -2.42. The second-order valence-electron chi connectivity index (χ2n) is 11.9. The van der Waals surface area contributed by atoms with Crippen LogP contribution in [0.5, 0.6) is 5.75 Å². The second kappa shape index (κ2) is 17.7. The van der Waals surface area contributed by atoms with Crippen LogP contribution in [0.1, 0.15) is 57.9 Å². The lowest BCUT2D eigenvalue weighted by atomic mass is 9.96. The SMILES string of the molecule is CCCNc1nc(SCc2csc(-c3ccc(Cl)cc3)n2)c(C#N)c(-c2ccc(OCCOC(=[OH+])[C@H](C)NC(=O)OC(C)(C)C)cc2)c1C#N. The molecule has 0 radical (unpaired) electrons. The van der Waals surface area contributed by atoms with E-state index in [1.165, 1.54) is 23.1 Å². The summed E-state index contributed by atoms with van der Waals surface area (Å²) in [5, 5.41) is 30.3. The minimum atomic E-state index is -0.791. The van der Waals surface area contributed by atoms with Crippen molar-refractivity contribution in [2.45, 2.75) is 63.5 Å². The molecule has 4 rings (SSSR count). The number of ether oxygens (including phenoxy) is 3. The van der Waals surface area contributed by atoms with Crippen LogP contribution in [0.2, 0.25) is 5.02 Å². The summed E-state index contributed by atoms with van der Waals surface area (Å²) in [6.07, 6.45) is 0.147. The molecule has 14 heteroatoms. The molecule has 2 heterocycles. The van der Waals surface area contributed by atoms with Gasteiger partial charge in [0.25, 0.3) is 0 Å². The number of anilines is 1. The fourth-order valence-corrected chi connectivity index (χ4v) is 6.41. The quantitative estimate of drug-likeness (QED) is 0.0559. The smallest absolute Gasteiger partial charge is 0.487 e. The highest BCUT2D eigenvalue weighted by Crippen LogP contribution is 2.38. The number of nitrogens with one attached hydrogen (secondary N) is 2. The van der Waals surface area contributed by atoms with Crippen LogP contribution in [-0.4, -0.2) is 58.2 Å². The summed E-state index contributed by atoms with van der Waals surface area (Å²) >= 11 is 8.95. The summed E-state index contributed by atoms with van der Waals surface area (Å²) in [6.45, 7) is 9.53. The number of alkyl carbamates (subject to hydrolysis) is 1. The molecular weight excluding hydrogens is 696 g/mol. The van der Waals surface area contributed by atoms with Crippen LogP contribution in [-0.2, 0) is 15.2 Å². The highest BCUT2D eigenvalue weighted by Gasteiger charge is 2.27. The first-order chi connectivity index (χ1) is 23.9. The number of benzene rings is 2. The van der Waals surface area contributed by atoms with E-state index >= 15 is 0 Å². The van der Waals surface area contributed by atoms with E-state index in [1.807, 2.05) is 36.6 Å². The summed E-state index contributed by atoms with van der Waals surface area (Å²) in [6, 6.07) is 18.3. The van der Waals surface area contributed by atoms with Crippen molar-refractivity contribution in [1.82, 2.24) is 15.3 Å². The molecule has 2 aromatic heterocycles. The van der Waals surface area contributed by atoms with Crippen molar-refractivity contribution >= 4 is 52.6 Å². The molecule has 0 fully saturated rings. The number of hydrogen-bond donors (Lipinski definition) is 2. The molecule has 0 saturated heterocycles. The average Bonchev–Trinajstić information content (AvgIpc) is 3.56. The molecule has 1 amide bonds. The Hall–Kier alpha value is -4.82. The molecule has 3 N–H and O–H groups in total. The maximum absolute atomic E-state index is 11.9. The lowest BCUT2D eigenvalue weighted by molar-refractivity contribution is 0.0511. The van der Waals surface area contributed by atoms with E-state index in [4.69, 9.17) is 35.8 Å². The Morgan fingerprint density at radius 1 is 1.04 bits per heavy atom. The molecule has 0 bridgehead atoms. The molecule has 0 aliphatic heterocycles. The van der Waals surface area contributed by atoms with Crippen LogP contribution >= 0.6 is 34.7 Å². The Labute approximate surface area is 304 Å². The number of carbonyl (C=O) groups is 1. The average molecular weight is 734 g/mol. The van der Waals surface area contributed by atoms with Crippen molar-refractivity contribution in [1.29, 1.82) is 10.5 Å². The van der Waals surface area contributed by atoms with E-state index < -0.39 is 17.7 Å². The molecule has 50 heavy (non-hydrogen) atoms. The zero-order valence-electron chi connectivity index (χ0n) is 28.4. The number of nitriles is 2. The third-order valence-electron chi connectivity index (χ3n) is 6.78. The van der Waals surface area contributed by atoms with Crippen LogP contribution in [0.4, 0.5) is 10.6 Å². The zero-order chi connectivity index (χ0) is 36.3. The van der Waals surface area contributed by atoms with E-state index in [0.717, 1.165) is 22.7 Å². The molecule has 11 nitrogen and oxygen atoms in total. The number of aromatic nitrogens is 2.